The largest absolute Gasteiger partial charge is 0.497 e. The number of methoxy groups -OCH3 is 1. The number of piperidine rings is 1. The summed E-state index contributed by atoms with van der Waals surface area (Å²) in [6.07, 6.45) is 3.96. The van der Waals surface area contributed by atoms with Crippen molar-refractivity contribution in [3.05, 3.63) is 24.5 Å². The average molecular weight is 351 g/mol. The van der Waals surface area contributed by atoms with E-state index in [0.717, 1.165) is 48.4 Å². The quantitative estimate of drug-likeness (QED) is 0.799. The van der Waals surface area contributed by atoms with Gasteiger partial charge in [0.1, 0.15) is 17.9 Å². The van der Waals surface area contributed by atoms with Crippen molar-refractivity contribution in [3.63, 3.8) is 0 Å². The van der Waals surface area contributed by atoms with Crippen LogP contribution in [0.4, 0.5) is 5.82 Å². The summed E-state index contributed by atoms with van der Waals surface area (Å²) in [5.74, 6) is 2.03. The van der Waals surface area contributed by atoms with Crippen LogP contribution in [0, 0.1) is 5.92 Å². The monoisotopic (exact) mass is 351 g/mol. The van der Waals surface area contributed by atoms with Gasteiger partial charge in [-0.25, -0.2) is 9.97 Å². The number of benzene rings is 1. The molecule has 0 saturated carbocycles. The van der Waals surface area contributed by atoms with Gasteiger partial charge < -0.3 is 19.4 Å². The van der Waals surface area contributed by atoms with Crippen LogP contribution in [0.2, 0.25) is 0 Å². The second-order valence-corrected chi connectivity index (χ2v) is 7.96. The molecule has 0 unspecified atom stereocenters. The third-order valence-electron chi connectivity index (χ3n) is 4.56. The normalized spacial score (nSPS) is 16.5. The average Bonchev–Trinajstić information content (AvgIpc) is 2.59. The first-order valence-corrected chi connectivity index (χ1v) is 9.84. The Morgan fingerprint density at radius 2 is 2.04 bits per heavy atom. The van der Waals surface area contributed by atoms with Crippen LogP contribution in [-0.4, -0.2) is 46.1 Å². The molecule has 0 aliphatic carbocycles. The van der Waals surface area contributed by atoms with Crippen molar-refractivity contribution in [1.29, 1.82) is 0 Å². The summed E-state index contributed by atoms with van der Waals surface area (Å²) in [6, 6.07) is 5.75. The van der Waals surface area contributed by atoms with E-state index in [4.69, 9.17) is 14.5 Å². The van der Waals surface area contributed by atoms with E-state index < -0.39 is 7.60 Å². The van der Waals surface area contributed by atoms with Crippen LogP contribution in [0.3, 0.4) is 0 Å². The molecule has 1 aliphatic rings. The molecule has 1 aliphatic heterocycles. The SMILES string of the molecule is COc1ccc2ncnc(N3CCC(CCP(=O)(O)O)CC3)c2c1. The number of nitrogens with zero attached hydrogens (tertiary/aromatic N) is 3. The van der Waals surface area contributed by atoms with Gasteiger partial charge in [-0.15, -0.1) is 0 Å². The zero-order valence-corrected chi connectivity index (χ0v) is 14.5. The topological polar surface area (TPSA) is 95.8 Å². The van der Waals surface area contributed by atoms with Gasteiger partial charge in [0.15, 0.2) is 0 Å². The summed E-state index contributed by atoms with van der Waals surface area (Å²) in [5, 5.41) is 0.963. The summed E-state index contributed by atoms with van der Waals surface area (Å²) in [4.78, 5) is 29.0. The number of fused-ring (bicyclic) bond motifs is 1. The molecule has 2 heterocycles. The lowest BCUT2D eigenvalue weighted by Gasteiger charge is -2.33. The van der Waals surface area contributed by atoms with Gasteiger partial charge in [0.05, 0.1) is 18.8 Å². The zero-order chi connectivity index (χ0) is 17.2. The molecule has 8 heteroatoms. The van der Waals surface area contributed by atoms with Gasteiger partial charge in [-0.05, 0) is 43.4 Å². The predicted molar refractivity (Wildman–Crippen MR) is 92.6 cm³/mol. The second kappa shape index (κ2) is 7.05. The van der Waals surface area contributed by atoms with Gasteiger partial charge in [0.25, 0.3) is 0 Å². The Kier molecular flexibility index (Phi) is 5.04. The van der Waals surface area contributed by atoms with Crippen molar-refractivity contribution in [2.75, 3.05) is 31.3 Å². The van der Waals surface area contributed by atoms with Crippen molar-refractivity contribution in [1.82, 2.24) is 9.97 Å². The minimum Gasteiger partial charge on any atom is -0.497 e. The van der Waals surface area contributed by atoms with Crippen LogP contribution in [0.25, 0.3) is 10.9 Å². The number of hydrogen-bond donors (Lipinski definition) is 2. The molecule has 0 atom stereocenters. The molecule has 24 heavy (non-hydrogen) atoms. The molecule has 3 rings (SSSR count). The van der Waals surface area contributed by atoms with Crippen molar-refractivity contribution in [2.24, 2.45) is 5.92 Å². The molecule has 0 spiro atoms. The number of anilines is 1. The van der Waals surface area contributed by atoms with E-state index in [1.54, 1.807) is 13.4 Å². The molecule has 0 radical (unpaired) electrons. The highest BCUT2D eigenvalue weighted by molar-refractivity contribution is 7.51. The Balaban J connectivity index is 1.72. The lowest BCUT2D eigenvalue weighted by atomic mass is 9.94. The molecule has 1 saturated heterocycles. The van der Waals surface area contributed by atoms with Gasteiger partial charge >= 0.3 is 7.60 Å². The predicted octanol–water partition coefficient (Wildman–Crippen LogP) is 2.42. The summed E-state index contributed by atoms with van der Waals surface area (Å²) < 4.78 is 16.3. The highest BCUT2D eigenvalue weighted by atomic mass is 31.2. The van der Waals surface area contributed by atoms with Gasteiger partial charge in [-0.1, -0.05) is 0 Å². The fourth-order valence-corrected chi connectivity index (χ4v) is 3.89. The highest BCUT2D eigenvalue weighted by Gasteiger charge is 2.24. The minimum absolute atomic E-state index is 0.0225. The third kappa shape index (κ3) is 4.04. The maximum Gasteiger partial charge on any atom is 0.325 e. The molecule has 2 aromatic rings. The van der Waals surface area contributed by atoms with E-state index in [9.17, 15) is 4.57 Å². The summed E-state index contributed by atoms with van der Waals surface area (Å²) >= 11 is 0. The fraction of sp³-hybridized carbons (Fsp3) is 0.500. The first kappa shape index (κ1) is 17.1. The summed E-state index contributed by atoms with van der Waals surface area (Å²) in [7, 11) is -2.26. The molecule has 0 amide bonds. The Hall–Kier alpha value is -1.69. The van der Waals surface area contributed by atoms with Crippen LogP contribution in [-0.2, 0) is 4.57 Å². The van der Waals surface area contributed by atoms with E-state index in [1.165, 1.54) is 0 Å². The van der Waals surface area contributed by atoms with Crippen molar-refractivity contribution < 1.29 is 19.1 Å². The van der Waals surface area contributed by atoms with E-state index in [1.807, 2.05) is 18.2 Å². The fourth-order valence-electron chi connectivity index (χ4n) is 3.19. The van der Waals surface area contributed by atoms with Crippen molar-refractivity contribution >= 4 is 24.3 Å². The van der Waals surface area contributed by atoms with Gasteiger partial charge in [-0.3, -0.25) is 4.57 Å². The van der Waals surface area contributed by atoms with Crippen LogP contribution < -0.4 is 9.64 Å². The number of rotatable bonds is 5. The van der Waals surface area contributed by atoms with Crippen LogP contribution in [0.15, 0.2) is 24.5 Å². The van der Waals surface area contributed by atoms with Crippen LogP contribution in [0.5, 0.6) is 5.75 Å². The van der Waals surface area contributed by atoms with E-state index in [-0.39, 0.29) is 6.16 Å². The van der Waals surface area contributed by atoms with E-state index in [2.05, 4.69) is 14.9 Å². The van der Waals surface area contributed by atoms with Gasteiger partial charge in [0.2, 0.25) is 0 Å². The van der Waals surface area contributed by atoms with Crippen LogP contribution >= 0.6 is 7.60 Å². The summed E-state index contributed by atoms with van der Waals surface area (Å²) in [5.41, 5.74) is 0.879. The molecular weight excluding hydrogens is 329 g/mol. The number of ether oxygens (including phenoxy) is 1. The first-order chi connectivity index (χ1) is 11.5. The smallest absolute Gasteiger partial charge is 0.325 e. The third-order valence-corrected chi connectivity index (χ3v) is 5.40. The lowest BCUT2D eigenvalue weighted by molar-refractivity contribution is 0.350. The molecular formula is C16H22N3O4P. The number of aromatic nitrogens is 2. The maximum atomic E-state index is 11.0. The molecule has 1 aromatic carbocycles. The Morgan fingerprint density at radius 1 is 1.29 bits per heavy atom. The summed E-state index contributed by atoms with van der Waals surface area (Å²) in [6.45, 7) is 1.66. The maximum absolute atomic E-state index is 11.0. The molecule has 1 fully saturated rings. The Morgan fingerprint density at radius 3 is 2.71 bits per heavy atom. The molecule has 1 aromatic heterocycles. The van der Waals surface area contributed by atoms with Crippen molar-refractivity contribution in [3.8, 4) is 5.75 Å². The first-order valence-electron chi connectivity index (χ1n) is 8.04. The standard InChI is InChI=1S/C16H22N3O4P/c1-23-13-2-3-15-14(10-13)16(18-11-17-15)19-7-4-12(5-8-19)6-9-24(20,21)22/h2-3,10-12H,4-9H2,1H3,(H2,20,21,22). The van der Waals surface area contributed by atoms with E-state index in [0.29, 0.717) is 12.3 Å². The van der Waals surface area contributed by atoms with Gasteiger partial charge in [0, 0.05) is 18.5 Å². The molecule has 7 nitrogen and oxygen atoms in total. The zero-order valence-electron chi connectivity index (χ0n) is 13.6. The van der Waals surface area contributed by atoms with E-state index >= 15 is 0 Å². The van der Waals surface area contributed by atoms with Gasteiger partial charge in [-0.2, -0.15) is 0 Å². The van der Waals surface area contributed by atoms with Crippen molar-refractivity contribution in [2.45, 2.75) is 19.3 Å². The molecule has 2 N–H and O–H groups in total. The number of hydrogen-bond acceptors (Lipinski definition) is 5. The second-order valence-electron chi connectivity index (χ2n) is 6.19. The Labute approximate surface area is 140 Å². The highest BCUT2D eigenvalue weighted by Crippen LogP contribution is 2.38. The van der Waals surface area contributed by atoms with Crippen LogP contribution in [0.1, 0.15) is 19.3 Å². The lowest BCUT2D eigenvalue weighted by Crippen LogP contribution is -2.34. The Bertz CT molecular complexity index is 756. The molecule has 0 bridgehead atoms. The minimum atomic E-state index is -3.90. The molecule has 130 valence electrons.